The second-order valence-electron chi connectivity index (χ2n) is 9.53. The number of benzene rings is 3. The van der Waals surface area contributed by atoms with Crippen molar-refractivity contribution < 1.29 is 27.5 Å². The van der Waals surface area contributed by atoms with Crippen molar-refractivity contribution in [3.05, 3.63) is 83.4 Å². The Morgan fingerprint density at radius 3 is 2.33 bits per heavy atom. The Balaban J connectivity index is 1.99. The van der Waals surface area contributed by atoms with E-state index in [1.165, 1.54) is 61.6 Å². The fraction of sp³-hybridized carbons (Fsp3) is 0.276. The number of nitrogens with zero attached hydrogens (tertiary/aromatic N) is 3. The lowest BCUT2D eigenvalue weighted by Gasteiger charge is -2.32. The Morgan fingerprint density at radius 2 is 1.73 bits per heavy atom. The van der Waals surface area contributed by atoms with E-state index >= 15 is 0 Å². The number of carbonyl (C=O) groups excluding carboxylic acids is 2. The number of hydrogen-bond donors (Lipinski definition) is 1. The van der Waals surface area contributed by atoms with Gasteiger partial charge < -0.3 is 19.7 Å². The number of likely N-dealkylation sites (N-methyl/N-ethyl adjacent to an activating group) is 1. The molecular weight excluding hydrogens is 532 g/mol. The summed E-state index contributed by atoms with van der Waals surface area (Å²) in [6.07, 6.45) is 0. The number of anilines is 1. The standard InChI is InChI=1S/C29H30N4O6S/c1-19(27(34)32(2)3)31-18-29(23-8-6-7-9-26(23)39-5)24-16-20(17-30)10-15-25(24)33(28(29)35)40(36,37)22-13-11-21(38-4)12-14-22/h6-16,19,31H,18H2,1-5H3. The summed E-state index contributed by atoms with van der Waals surface area (Å²) in [7, 11) is 1.75. The molecular formula is C29H30N4O6S. The molecule has 0 aromatic heterocycles. The summed E-state index contributed by atoms with van der Waals surface area (Å²) >= 11 is 0. The lowest BCUT2D eigenvalue weighted by Crippen LogP contribution is -2.53. The molecule has 0 fully saturated rings. The topological polar surface area (TPSA) is 129 Å². The van der Waals surface area contributed by atoms with Crippen LogP contribution < -0.4 is 19.1 Å². The molecule has 3 aromatic rings. The largest absolute Gasteiger partial charge is 0.497 e. The van der Waals surface area contributed by atoms with Crippen LogP contribution in [0, 0.1) is 11.3 Å². The maximum absolute atomic E-state index is 14.7. The molecule has 2 atom stereocenters. The predicted molar refractivity (Wildman–Crippen MR) is 149 cm³/mol. The van der Waals surface area contributed by atoms with Gasteiger partial charge in [-0.25, -0.2) is 12.7 Å². The van der Waals surface area contributed by atoms with Gasteiger partial charge in [-0.1, -0.05) is 18.2 Å². The molecule has 0 bridgehead atoms. The molecule has 0 aliphatic carbocycles. The fourth-order valence-corrected chi connectivity index (χ4v) is 6.40. The number of para-hydroxylation sites is 1. The SMILES string of the molecule is COc1ccc(S(=O)(=O)N2C(=O)C(CNC(C)C(=O)N(C)C)(c3ccccc3OC)c3cc(C#N)ccc32)cc1. The minimum atomic E-state index is -4.41. The van der Waals surface area contributed by atoms with Gasteiger partial charge in [0.15, 0.2) is 0 Å². The maximum atomic E-state index is 14.7. The molecule has 0 saturated heterocycles. The van der Waals surface area contributed by atoms with Crippen molar-refractivity contribution in [1.29, 1.82) is 5.26 Å². The molecule has 0 saturated carbocycles. The number of nitrogens with one attached hydrogen (secondary N) is 1. The molecule has 0 radical (unpaired) electrons. The average Bonchev–Trinajstić information content (AvgIpc) is 3.22. The number of nitriles is 1. The predicted octanol–water partition coefficient (Wildman–Crippen LogP) is 2.66. The van der Waals surface area contributed by atoms with Crippen LogP contribution in [0.15, 0.2) is 71.6 Å². The van der Waals surface area contributed by atoms with Gasteiger partial charge >= 0.3 is 0 Å². The van der Waals surface area contributed by atoms with Crippen molar-refractivity contribution >= 4 is 27.5 Å². The molecule has 10 nitrogen and oxygen atoms in total. The highest BCUT2D eigenvalue weighted by Crippen LogP contribution is 2.50. The summed E-state index contributed by atoms with van der Waals surface area (Å²) in [6.45, 7) is 1.51. The minimum absolute atomic E-state index is 0.110. The van der Waals surface area contributed by atoms with Gasteiger partial charge in [0, 0.05) is 26.2 Å². The molecule has 1 N–H and O–H groups in total. The molecule has 3 aromatic carbocycles. The van der Waals surface area contributed by atoms with Gasteiger partial charge in [0.2, 0.25) is 5.91 Å². The van der Waals surface area contributed by atoms with Crippen LogP contribution in [0.5, 0.6) is 11.5 Å². The molecule has 11 heteroatoms. The third kappa shape index (κ3) is 4.65. The average molecular weight is 563 g/mol. The number of hydrogen-bond acceptors (Lipinski definition) is 8. The van der Waals surface area contributed by atoms with Gasteiger partial charge in [-0.15, -0.1) is 0 Å². The summed E-state index contributed by atoms with van der Waals surface area (Å²) in [5.74, 6) is -0.191. The fourth-order valence-electron chi connectivity index (χ4n) is 4.92. The van der Waals surface area contributed by atoms with Crippen LogP contribution in [0.3, 0.4) is 0 Å². The molecule has 4 rings (SSSR count). The van der Waals surface area contributed by atoms with E-state index in [0.717, 1.165) is 4.31 Å². The first-order valence-electron chi connectivity index (χ1n) is 12.4. The highest BCUT2D eigenvalue weighted by Gasteiger charge is 2.57. The number of ether oxygens (including phenoxy) is 2. The van der Waals surface area contributed by atoms with Crippen molar-refractivity contribution in [2.24, 2.45) is 0 Å². The molecule has 208 valence electrons. The number of amides is 2. The van der Waals surface area contributed by atoms with E-state index in [1.807, 2.05) is 0 Å². The minimum Gasteiger partial charge on any atom is -0.497 e. The normalized spacial score (nSPS) is 17.1. The number of sulfonamides is 1. The third-order valence-electron chi connectivity index (χ3n) is 7.00. The number of carbonyl (C=O) groups is 2. The van der Waals surface area contributed by atoms with E-state index in [0.29, 0.717) is 22.6 Å². The van der Waals surface area contributed by atoms with Gasteiger partial charge in [-0.05, 0) is 61.0 Å². The Labute approximate surface area is 233 Å². The smallest absolute Gasteiger partial charge is 0.270 e. The zero-order chi connectivity index (χ0) is 29.2. The van der Waals surface area contributed by atoms with E-state index in [-0.39, 0.29) is 28.6 Å². The first kappa shape index (κ1) is 28.6. The molecule has 2 unspecified atom stereocenters. The Morgan fingerprint density at radius 1 is 1.05 bits per heavy atom. The summed E-state index contributed by atoms with van der Waals surface area (Å²) < 4.78 is 39.7. The lowest BCUT2D eigenvalue weighted by molar-refractivity contribution is -0.131. The van der Waals surface area contributed by atoms with E-state index in [9.17, 15) is 23.3 Å². The third-order valence-corrected chi connectivity index (χ3v) is 8.71. The number of rotatable bonds is 9. The number of fused-ring (bicyclic) bond motifs is 1. The number of methoxy groups -OCH3 is 2. The Hall–Kier alpha value is -4.40. The molecule has 1 aliphatic rings. The maximum Gasteiger partial charge on any atom is 0.270 e. The first-order valence-corrected chi connectivity index (χ1v) is 13.8. The second kappa shape index (κ2) is 11.0. The zero-order valence-electron chi connectivity index (χ0n) is 22.8. The van der Waals surface area contributed by atoms with Crippen LogP contribution in [0.2, 0.25) is 0 Å². The van der Waals surface area contributed by atoms with E-state index in [2.05, 4.69) is 11.4 Å². The highest BCUT2D eigenvalue weighted by atomic mass is 32.2. The van der Waals surface area contributed by atoms with Crippen molar-refractivity contribution in [3.8, 4) is 17.6 Å². The van der Waals surface area contributed by atoms with Crippen LogP contribution in [0.4, 0.5) is 5.69 Å². The molecule has 2 amide bonds. The van der Waals surface area contributed by atoms with E-state index in [4.69, 9.17) is 9.47 Å². The van der Waals surface area contributed by atoms with E-state index in [1.54, 1.807) is 45.3 Å². The van der Waals surface area contributed by atoms with Crippen LogP contribution in [-0.2, 0) is 25.0 Å². The first-order chi connectivity index (χ1) is 19.0. The Bertz CT molecular complexity index is 1600. The summed E-state index contributed by atoms with van der Waals surface area (Å²) in [5, 5.41) is 12.9. The molecule has 0 spiro atoms. The van der Waals surface area contributed by atoms with E-state index < -0.39 is 27.4 Å². The van der Waals surface area contributed by atoms with Crippen LogP contribution in [-0.4, -0.2) is 66.0 Å². The monoisotopic (exact) mass is 562 g/mol. The molecule has 40 heavy (non-hydrogen) atoms. The van der Waals surface area contributed by atoms with Gasteiger partial charge in [-0.2, -0.15) is 5.26 Å². The van der Waals surface area contributed by atoms with Crippen molar-refractivity contribution in [2.45, 2.75) is 23.3 Å². The second-order valence-corrected chi connectivity index (χ2v) is 11.3. The van der Waals surface area contributed by atoms with Crippen molar-refractivity contribution in [2.75, 3.05) is 39.2 Å². The van der Waals surface area contributed by atoms with Crippen LogP contribution in [0.25, 0.3) is 0 Å². The summed E-state index contributed by atoms with van der Waals surface area (Å²) in [4.78, 5) is 28.7. The van der Waals surface area contributed by atoms with Gasteiger partial charge in [0.25, 0.3) is 15.9 Å². The lowest BCUT2D eigenvalue weighted by atomic mass is 9.74. The van der Waals surface area contributed by atoms with Crippen molar-refractivity contribution in [3.63, 3.8) is 0 Å². The van der Waals surface area contributed by atoms with Crippen LogP contribution >= 0.6 is 0 Å². The molecule has 1 heterocycles. The van der Waals surface area contributed by atoms with Gasteiger partial charge in [0.05, 0.1) is 42.5 Å². The zero-order valence-corrected chi connectivity index (χ0v) is 23.7. The quantitative estimate of drug-likeness (QED) is 0.422. The van der Waals surface area contributed by atoms with Gasteiger partial charge in [-0.3, -0.25) is 9.59 Å². The van der Waals surface area contributed by atoms with Crippen LogP contribution in [0.1, 0.15) is 23.6 Å². The summed E-state index contributed by atoms with van der Waals surface area (Å²) in [5.41, 5.74) is -0.612. The Kier molecular flexibility index (Phi) is 7.86. The molecule has 1 aliphatic heterocycles. The van der Waals surface area contributed by atoms with Gasteiger partial charge in [0.1, 0.15) is 16.9 Å². The van der Waals surface area contributed by atoms with Crippen molar-refractivity contribution in [1.82, 2.24) is 10.2 Å². The summed E-state index contributed by atoms with van der Waals surface area (Å²) in [6, 6.07) is 18.3. The highest BCUT2D eigenvalue weighted by molar-refractivity contribution is 7.93.